The number of aromatic nitrogens is 3. The van der Waals surface area contributed by atoms with Gasteiger partial charge in [0.05, 0.1) is 45.4 Å². The lowest BCUT2D eigenvalue weighted by Gasteiger charge is -2.18. The van der Waals surface area contributed by atoms with Gasteiger partial charge in [-0.1, -0.05) is 23.2 Å². The lowest BCUT2D eigenvalue weighted by molar-refractivity contribution is -0.143. The lowest BCUT2D eigenvalue weighted by Crippen LogP contribution is -2.31. The molecule has 0 aliphatic carbocycles. The molecule has 0 atom stereocenters. The Morgan fingerprint density at radius 1 is 0.960 bits per heavy atom. The standard InChI is InChI=1S/C31H28Cl2F6N6O4S/c1-16(2)41-28(46)23-12-21(32)8-17(3)26(23)42-29(47)25-13-22(43-45(25)27-24(33)6-5-7-40-27)14-44(4)50(48,49)15-18-9-19(30(34,35)36)11-20(10-18)31(37,38)39/h5-13,16H,14-15H2,1-4H3,(H,41,46)(H,42,47). The SMILES string of the molecule is Cc1cc(Cl)cc(C(=O)NC(C)C)c1NC(=O)c1cc(CN(C)S(=O)(=O)Cc2cc(C(F)(F)F)cc(C(F)(F)F)c2)nn1-c1ncccc1Cl. The van der Waals surface area contributed by atoms with Crippen LogP contribution in [0.5, 0.6) is 0 Å². The van der Waals surface area contributed by atoms with Crippen LogP contribution >= 0.6 is 23.2 Å². The highest BCUT2D eigenvalue weighted by Gasteiger charge is 2.37. The number of benzene rings is 2. The first-order chi connectivity index (χ1) is 23.1. The number of carbonyl (C=O) groups is 2. The van der Waals surface area contributed by atoms with E-state index < -0.39 is 63.2 Å². The Hall–Kier alpha value is -4.19. The average Bonchev–Trinajstić information content (AvgIpc) is 3.40. The maximum absolute atomic E-state index is 13.8. The molecule has 0 saturated carbocycles. The van der Waals surface area contributed by atoms with Gasteiger partial charge < -0.3 is 10.6 Å². The van der Waals surface area contributed by atoms with Gasteiger partial charge >= 0.3 is 12.4 Å². The Morgan fingerprint density at radius 3 is 2.14 bits per heavy atom. The summed E-state index contributed by atoms with van der Waals surface area (Å²) in [7, 11) is -3.53. The van der Waals surface area contributed by atoms with Crippen LogP contribution in [0.25, 0.3) is 5.82 Å². The van der Waals surface area contributed by atoms with E-state index in [1.165, 1.54) is 36.5 Å². The third-order valence-electron chi connectivity index (χ3n) is 6.99. The number of pyridine rings is 1. The molecule has 0 fully saturated rings. The monoisotopic (exact) mass is 764 g/mol. The molecule has 19 heteroatoms. The molecule has 4 rings (SSSR count). The lowest BCUT2D eigenvalue weighted by atomic mass is 10.1. The molecule has 0 aliphatic rings. The van der Waals surface area contributed by atoms with Crippen molar-refractivity contribution < 1.29 is 44.3 Å². The normalized spacial score (nSPS) is 12.4. The number of rotatable bonds is 10. The van der Waals surface area contributed by atoms with Crippen molar-refractivity contribution in [2.45, 2.75) is 51.5 Å². The molecule has 0 radical (unpaired) electrons. The Balaban J connectivity index is 1.71. The average molecular weight is 766 g/mol. The first-order valence-corrected chi connectivity index (χ1v) is 16.8. The summed E-state index contributed by atoms with van der Waals surface area (Å²) in [6.07, 6.45) is -9.00. The predicted octanol–water partition coefficient (Wildman–Crippen LogP) is 7.27. The molecule has 0 unspecified atom stereocenters. The number of nitrogens with one attached hydrogen (secondary N) is 2. The molecule has 0 spiro atoms. The van der Waals surface area contributed by atoms with Crippen molar-refractivity contribution in [3.05, 3.63) is 104 Å². The second-order valence-electron chi connectivity index (χ2n) is 11.4. The number of amides is 2. The van der Waals surface area contributed by atoms with Crippen molar-refractivity contribution in [3.63, 3.8) is 0 Å². The smallest absolute Gasteiger partial charge is 0.350 e. The predicted molar refractivity (Wildman–Crippen MR) is 174 cm³/mol. The minimum Gasteiger partial charge on any atom is -0.350 e. The highest BCUT2D eigenvalue weighted by atomic mass is 35.5. The van der Waals surface area contributed by atoms with Gasteiger partial charge in [-0.05, 0) is 80.4 Å². The number of alkyl halides is 6. The highest BCUT2D eigenvalue weighted by Crippen LogP contribution is 2.37. The fraction of sp³-hybridized carbons (Fsp3) is 0.290. The van der Waals surface area contributed by atoms with E-state index in [-0.39, 0.29) is 50.6 Å². The van der Waals surface area contributed by atoms with E-state index >= 15 is 0 Å². The second-order valence-corrected chi connectivity index (χ2v) is 14.3. The summed E-state index contributed by atoms with van der Waals surface area (Å²) in [6.45, 7) is 4.50. The first-order valence-electron chi connectivity index (χ1n) is 14.4. The van der Waals surface area contributed by atoms with Crippen LogP contribution in [0.2, 0.25) is 10.0 Å². The van der Waals surface area contributed by atoms with Crippen molar-refractivity contribution in [1.82, 2.24) is 24.4 Å². The van der Waals surface area contributed by atoms with Crippen LogP contribution in [0.15, 0.2) is 54.7 Å². The van der Waals surface area contributed by atoms with E-state index in [1.807, 2.05) is 0 Å². The molecular weight excluding hydrogens is 737 g/mol. The summed E-state index contributed by atoms with van der Waals surface area (Å²) in [4.78, 5) is 30.9. The van der Waals surface area contributed by atoms with E-state index in [4.69, 9.17) is 23.2 Å². The Kier molecular flexibility index (Phi) is 11.3. The quantitative estimate of drug-likeness (QED) is 0.164. The van der Waals surface area contributed by atoms with Gasteiger partial charge in [-0.3, -0.25) is 9.59 Å². The van der Waals surface area contributed by atoms with E-state index in [2.05, 4.69) is 20.7 Å². The van der Waals surface area contributed by atoms with Gasteiger partial charge in [0.1, 0.15) is 5.69 Å². The van der Waals surface area contributed by atoms with Crippen LogP contribution in [0.1, 0.15) is 62.6 Å². The second kappa shape index (κ2) is 14.6. The number of hydrogen-bond acceptors (Lipinski definition) is 6. The number of halogens is 8. The van der Waals surface area contributed by atoms with Gasteiger partial charge in [0.15, 0.2) is 5.82 Å². The minimum atomic E-state index is -5.17. The van der Waals surface area contributed by atoms with Crippen molar-refractivity contribution in [3.8, 4) is 5.82 Å². The van der Waals surface area contributed by atoms with E-state index in [1.54, 1.807) is 20.8 Å². The van der Waals surface area contributed by atoms with Crippen LogP contribution in [0.4, 0.5) is 32.0 Å². The molecule has 2 heterocycles. The number of hydrogen-bond donors (Lipinski definition) is 2. The summed E-state index contributed by atoms with van der Waals surface area (Å²) >= 11 is 12.5. The first kappa shape index (κ1) is 38.6. The van der Waals surface area contributed by atoms with Gasteiger partial charge in [0, 0.05) is 24.3 Å². The molecule has 2 N–H and O–H groups in total. The van der Waals surface area contributed by atoms with Crippen molar-refractivity contribution in [2.24, 2.45) is 0 Å². The summed E-state index contributed by atoms with van der Waals surface area (Å²) < 4.78 is 108. The van der Waals surface area contributed by atoms with Gasteiger partial charge in [-0.2, -0.15) is 35.7 Å². The molecule has 4 aromatic rings. The third kappa shape index (κ3) is 9.12. The molecule has 0 saturated heterocycles. The summed E-state index contributed by atoms with van der Waals surface area (Å²) in [5, 5.41) is 9.95. The summed E-state index contributed by atoms with van der Waals surface area (Å²) in [5.41, 5.74) is -3.79. The fourth-order valence-corrected chi connectivity index (χ4v) is 6.33. The Morgan fingerprint density at radius 2 is 1.58 bits per heavy atom. The Labute approximate surface area is 292 Å². The van der Waals surface area contributed by atoms with Gasteiger partial charge in [-0.25, -0.2) is 18.1 Å². The van der Waals surface area contributed by atoms with Crippen molar-refractivity contribution in [1.29, 1.82) is 0 Å². The molecule has 0 bridgehead atoms. The van der Waals surface area contributed by atoms with Crippen LogP contribution < -0.4 is 10.6 Å². The minimum absolute atomic E-state index is 0.0367. The Bertz CT molecular complexity index is 2020. The molecule has 50 heavy (non-hydrogen) atoms. The summed E-state index contributed by atoms with van der Waals surface area (Å²) in [6, 6.07) is 7.33. The zero-order valence-electron chi connectivity index (χ0n) is 26.5. The zero-order chi connectivity index (χ0) is 37.3. The molecule has 10 nitrogen and oxygen atoms in total. The van der Waals surface area contributed by atoms with Crippen molar-refractivity contribution in [2.75, 3.05) is 12.4 Å². The maximum Gasteiger partial charge on any atom is 0.416 e. The zero-order valence-corrected chi connectivity index (χ0v) is 28.9. The fourth-order valence-electron chi connectivity index (χ4n) is 4.72. The van der Waals surface area contributed by atoms with Gasteiger partial charge in [0.25, 0.3) is 11.8 Å². The van der Waals surface area contributed by atoms with Crippen LogP contribution in [0.3, 0.4) is 0 Å². The van der Waals surface area contributed by atoms with E-state index in [9.17, 15) is 44.3 Å². The largest absolute Gasteiger partial charge is 0.416 e. The topological polar surface area (TPSA) is 126 Å². The number of sulfonamides is 1. The molecule has 2 amide bonds. The third-order valence-corrected chi connectivity index (χ3v) is 9.28. The van der Waals surface area contributed by atoms with Gasteiger partial charge in [-0.15, -0.1) is 0 Å². The van der Waals surface area contributed by atoms with Crippen LogP contribution in [-0.4, -0.2) is 52.4 Å². The molecule has 2 aromatic heterocycles. The number of carbonyl (C=O) groups excluding carboxylic acids is 2. The number of aryl methyl sites for hydroxylation is 1. The number of nitrogens with zero attached hydrogens (tertiary/aromatic N) is 4. The van der Waals surface area contributed by atoms with Crippen LogP contribution in [0, 0.1) is 6.92 Å². The van der Waals surface area contributed by atoms with Crippen LogP contribution in [-0.2, 0) is 34.7 Å². The van der Waals surface area contributed by atoms with Gasteiger partial charge in [0.2, 0.25) is 10.0 Å². The molecule has 268 valence electrons. The number of anilines is 1. The van der Waals surface area contributed by atoms with E-state index in [0.29, 0.717) is 22.0 Å². The summed E-state index contributed by atoms with van der Waals surface area (Å²) in [5.74, 6) is -2.61. The van der Waals surface area contributed by atoms with E-state index in [0.717, 1.165) is 11.7 Å². The highest BCUT2D eigenvalue weighted by molar-refractivity contribution is 7.88. The maximum atomic E-state index is 13.8. The molecule has 2 aromatic carbocycles. The van der Waals surface area contributed by atoms with Crippen molar-refractivity contribution >= 4 is 50.7 Å². The molecular formula is C31H28Cl2F6N6O4S. The molecule has 0 aliphatic heterocycles.